The van der Waals surface area contributed by atoms with Crippen molar-refractivity contribution in [2.45, 2.75) is 11.8 Å². The number of hydrogen-bond donors (Lipinski definition) is 1. The summed E-state index contributed by atoms with van der Waals surface area (Å²) in [5, 5.41) is 2.99. The molecule has 0 aromatic heterocycles. The topological polar surface area (TPSA) is 66.5 Å². The van der Waals surface area contributed by atoms with Crippen molar-refractivity contribution < 1.29 is 13.2 Å². The van der Waals surface area contributed by atoms with Gasteiger partial charge in [-0.15, -0.1) is 0 Å². The largest absolute Gasteiger partial charge is 0.324 e. The summed E-state index contributed by atoms with van der Waals surface area (Å²) in [6.07, 6.45) is 0. The standard InChI is InChI=1S/C16H16BrClN2O3S/c1-11-9-12(7-8-13(11)17)24(22,23)20(2)10-16(21)19-15-6-4-3-5-14(15)18/h3-9H,10H2,1-2H3,(H,19,21). The number of nitrogens with zero attached hydrogens (tertiary/aromatic N) is 1. The van der Waals surface area contributed by atoms with E-state index in [0.29, 0.717) is 10.7 Å². The van der Waals surface area contributed by atoms with Crippen LogP contribution in [0.25, 0.3) is 0 Å². The average molecular weight is 432 g/mol. The van der Waals surface area contributed by atoms with Crippen LogP contribution in [0.4, 0.5) is 5.69 Å². The number of carbonyl (C=O) groups is 1. The number of aryl methyl sites for hydroxylation is 1. The van der Waals surface area contributed by atoms with Crippen molar-refractivity contribution >= 4 is 49.1 Å². The maximum absolute atomic E-state index is 12.6. The Morgan fingerprint density at radius 2 is 1.92 bits per heavy atom. The molecule has 0 bridgehead atoms. The van der Waals surface area contributed by atoms with Crippen LogP contribution >= 0.6 is 27.5 Å². The minimum atomic E-state index is -3.76. The molecule has 0 spiro atoms. The zero-order valence-corrected chi connectivity index (χ0v) is 16.2. The Labute approximate surface area is 154 Å². The Kier molecular flexibility index (Phi) is 6.03. The highest BCUT2D eigenvalue weighted by molar-refractivity contribution is 9.10. The monoisotopic (exact) mass is 430 g/mol. The van der Waals surface area contributed by atoms with Crippen LogP contribution in [0.15, 0.2) is 51.8 Å². The molecular weight excluding hydrogens is 416 g/mol. The third kappa shape index (κ3) is 4.36. The molecule has 0 aliphatic rings. The molecule has 2 aromatic rings. The molecule has 0 aliphatic heterocycles. The van der Waals surface area contributed by atoms with Crippen molar-refractivity contribution in [2.24, 2.45) is 0 Å². The minimum absolute atomic E-state index is 0.135. The zero-order valence-electron chi connectivity index (χ0n) is 13.1. The van der Waals surface area contributed by atoms with Crippen LogP contribution in [0.1, 0.15) is 5.56 Å². The molecule has 0 unspecified atom stereocenters. The first kappa shape index (κ1) is 18.9. The zero-order chi connectivity index (χ0) is 17.9. The minimum Gasteiger partial charge on any atom is -0.324 e. The summed E-state index contributed by atoms with van der Waals surface area (Å²) in [6, 6.07) is 11.5. The Morgan fingerprint density at radius 3 is 2.54 bits per heavy atom. The number of likely N-dealkylation sites (N-methyl/N-ethyl adjacent to an activating group) is 1. The number of hydrogen-bond acceptors (Lipinski definition) is 3. The van der Waals surface area contributed by atoms with E-state index < -0.39 is 15.9 Å². The van der Waals surface area contributed by atoms with Gasteiger partial charge in [0.2, 0.25) is 15.9 Å². The second-order valence-corrected chi connectivity index (χ2v) is 8.51. The molecular formula is C16H16BrClN2O3S. The molecule has 128 valence electrons. The number of rotatable bonds is 5. The first-order valence-electron chi connectivity index (χ1n) is 6.98. The van der Waals surface area contributed by atoms with Crippen molar-refractivity contribution in [3.63, 3.8) is 0 Å². The summed E-state index contributed by atoms with van der Waals surface area (Å²) in [6.45, 7) is 1.48. The van der Waals surface area contributed by atoms with Crippen LogP contribution in [-0.4, -0.2) is 32.2 Å². The van der Waals surface area contributed by atoms with E-state index >= 15 is 0 Å². The third-order valence-corrected chi connectivity index (χ3v) is 6.37. The first-order chi connectivity index (χ1) is 11.2. The molecule has 0 saturated heterocycles. The van der Waals surface area contributed by atoms with E-state index in [-0.39, 0.29) is 11.4 Å². The SMILES string of the molecule is Cc1cc(S(=O)(=O)N(C)CC(=O)Nc2ccccc2Cl)ccc1Br. The molecule has 0 heterocycles. The predicted molar refractivity (Wildman–Crippen MR) is 98.8 cm³/mol. The van der Waals surface area contributed by atoms with Crippen molar-refractivity contribution in [2.75, 3.05) is 18.9 Å². The molecule has 0 radical (unpaired) electrons. The lowest BCUT2D eigenvalue weighted by atomic mass is 10.2. The van der Waals surface area contributed by atoms with Gasteiger partial charge in [-0.25, -0.2) is 8.42 Å². The van der Waals surface area contributed by atoms with Gasteiger partial charge in [0.15, 0.2) is 0 Å². The maximum atomic E-state index is 12.6. The second kappa shape index (κ2) is 7.65. The summed E-state index contributed by atoms with van der Waals surface area (Å²) in [5.41, 5.74) is 1.24. The van der Waals surface area contributed by atoms with Crippen molar-refractivity contribution in [3.8, 4) is 0 Å². The van der Waals surface area contributed by atoms with Gasteiger partial charge in [-0.05, 0) is 42.8 Å². The lowest BCUT2D eigenvalue weighted by Gasteiger charge is -2.17. The van der Waals surface area contributed by atoms with Gasteiger partial charge in [0, 0.05) is 11.5 Å². The van der Waals surface area contributed by atoms with Crippen LogP contribution in [-0.2, 0) is 14.8 Å². The molecule has 1 N–H and O–H groups in total. The lowest BCUT2D eigenvalue weighted by molar-refractivity contribution is -0.116. The van der Waals surface area contributed by atoms with Crippen LogP contribution in [0.2, 0.25) is 5.02 Å². The van der Waals surface area contributed by atoms with Gasteiger partial charge in [-0.2, -0.15) is 4.31 Å². The fourth-order valence-electron chi connectivity index (χ4n) is 2.00. The fourth-order valence-corrected chi connectivity index (χ4v) is 3.64. The van der Waals surface area contributed by atoms with Crippen LogP contribution < -0.4 is 5.32 Å². The fraction of sp³-hybridized carbons (Fsp3) is 0.188. The smallest absolute Gasteiger partial charge is 0.243 e. The second-order valence-electron chi connectivity index (χ2n) is 5.20. The molecule has 24 heavy (non-hydrogen) atoms. The molecule has 2 aromatic carbocycles. The van der Waals surface area contributed by atoms with Crippen LogP contribution in [0.5, 0.6) is 0 Å². The number of anilines is 1. The van der Waals surface area contributed by atoms with E-state index in [0.717, 1.165) is 14.3 Å². The van der Waals surface area contributed by atoms with Gasteiger partial charge in [0.25, 0.3) is 0 Å². The summed E-state index contributed by atoms with van der Waals surface area (Å²) in [7, 11) is -2.40. The van der Waals surface area contributed by atoms with Crippen molar-refractivity contribution in [1.29, 1.82) is 0 Å². The van der Waals surface area contributed by atoms with Gasteiger partial charge >= 0.3 is 0 Å². The third-order valence-electron chi connectivity index (χ3n) is 3.35. The summed E-state index contributed by atoms with van der Waals surface area (Å²) in [5.74, 6) is -0.469. The van der Waals surface area contributed by atoms with Gasteiger partial charge < -0.3 is 5.32 Å². The van der Waals surface area contributed by atoms with E-state index in [1.165, 1.54) is 13.1 Å². The quantitative estimate of drug-likeness (QED) is 0.785. The maximum Gasteiger partial charge on any atom is 0.243 e. The van der Waals surface area contributed by atoms with E-state index in [2.05, 4.69) is 21.2 Å². The van der Waals surface area contributed by atoms with Crippen molar-refractivity contribution in [3.05, 3.63) is 57.5 Å². The van der Waals surface area contributed by atoms with Crippen LogP contribution in [0, 0.1) is 6.92 Å². The Hall–Kier alpha value is -1.41. The Balaban J connectivity index is 2.13. The van der Waals surface area contributed by atoms with Crippen LogP contribution in [0.3, 0.4) is 0 Å². The number of halogens is 2. The van der Waals surface area contributed by atoms with E-state index in [1.807, 2.05) is 0 Å². The molecule has 8 heteroatoms. The number of benzene rings is 2. The van der Waals surface area contributed by atoms with Gasteiger partial charge in [-0.3, -0.25) is 4.79 Å². The first-order valence-corrected chi connectivity index (χ1v) is 9.60. The number of para-hydroxylation sites is 1. The molecule has 2 rings (SSSR count). The molecule has 0 aliphatic carbocycles. The molecule has 0 atom stereocenters. The molecule has 5 nitrogen and oxygen atoms in total. The molecule has 1 amide bonds. The molecule has 0 fully saturated rings. The summed E-state index contributed by atoms with van der Waals surface area (Å²) < 4.78 is 26.9. The number of carbonyl (C=O) groups excluding carboxylic acids is 1. The normalized spacial score (nSPS) is 11.5. The average Bonchev–Trinajstić information content (AvgIpc) is 2.52. The number of amides is 1. The lowest BCUT2D eigenvalue weighted by Crippen LogP contribution is -2.35. The number of nitrogens with one attached hydrogen (secondary N) is 1. The Morgan fingerprint density at radius 1 is 1.25 bits per heavy atom. The van der Waals surface area contributed by atoms with Gasteiger partial charge in [-0.1, -0.05) is 39.7 Å². The molecule has 0 saturated carbocycles. The van der Waals surface area contributed by atoms with E-state index in [1.54, 1.807) is 43.3 Å². The Bertz CT molecular complexity index is 871. The van der Waals surface area contributed by atoms with E-state index in [9.17, 15) is 13.2 Å². The van der Waals surface area contributed by atoms with E-state index in [4.69, 9.17) is 11.6 Å². The highest BCUT2D eigenvalue weighted by Crippen LogP contribution is 2.23. The summed E-state index contributed by atoms with van der Waals surface area (Å²) >= 11 is 9.30. The van der Waals surface area contributed by atoms with Gasteiger partial charge in [0.1, 0.15) is 0 Å². The summed E-state index contributed by atoms with van der Waals surface area (Å²) in [4.78, 5) is 12.2. The van der Waals surface area contributed by atoms with Crippen molar-refractivity contribution in [1.82, 2.24) is 4.31 Å². The highest BCUT2D eigenvalue weighted by atomic mass is 79.9. The highest BCUT2D eigenvalue weighted by Gasteiger charge is 2.23. The number of sulfonamides is 1. The predicted octanol–water partition coefficient (Wildman–Crippen LogP) is 3.67. The van der Waals surface area contributed by atoms with Gasteiger partial charge in [0.05, 0.1) is 22.2 Å².